The summed E-state index contributed by atoms with van der Waals surface area (Å²) >= 11 is 0. The molecule has 0 aromatic carbocycles. The topological polar surface area (TPSA) is 107 Å². The molecule has 4 N–H and O–H groups in total. The van der Waals surface area contributed by atoms with Gasteiger partial charge >= 0.3 is 12.0 Å². The Hall–Kier alpha value is -2.05. The lowest BCUT2D eigenvalue weighted by molar-refractivity contribution is 0.0690. The molecule has 7 nitrogen and oxygen atoms in total. The number of carbonyl (C=O) groups excluding carboxylic acids is 1. The van der Waals surface area contributed by atoms with Crippen LogP contribution in [0.15, 0.2) is 6.07 Å². The van der Waals surface area contributed by atoms with Crippen LogP contribution in [-0.2, 0) is 0 Å². The molecule has 1 heterocycles. The van der Waals surface area contributed by atoms with E-state index in [1.807, 2.05) is 0 Å². The molecule has 92 valence electrons. The average Bonchev–Trinajstić information content (AvgIpc) is 2.88. The number of aromatic nitrogens is 2. The highest BCUT2D eigenvalue weighted by molar-refractivity contribution is 5.91. The third kappa shape index (κ3) is 2.96. The highest BCUT2D eigenvalue weighted by atomic mass is 16.4. The molecule has 1 aliphatic carbocycles. The zero-order valence-electron chi connectivity index (χ0n) is 9.19. The number of aromatic amines is 1. The van der Waals surface area contributed by atoms with Gasteiger partial charge in [-0.15, -0.1) is 0 Å². The lowest BCUT2D eigenvalue weighted by atomic mass is 10.2. The molecular weight excluding hydrogens is 224 g/mol. The summed E-state index contributed by atoms with van der Waals surface area (Å²) in [5.74, 6) is -0.903. The Morgan fingerprint density at radius 1 is 1.41 bits per heavy atom. The Morgan fingerprint density at radius 3 is 2.71 bits per heavy atom. The Balaban J connectivity index is 1.86. The predicted molar refractivity (Wildman–Crippen MR) is 60.0 cm³/mol. The van der Waals surface area contributed by atoms with Crippen LogP contribution in [0.25, 0.3) is 0 Å². The van der Waals surface area contributed by atoms with Crippen LogP contribution in [0.1, 0.15) is 36.2 Å². The Labute approximate surface area is 97.6 Å². The quantitative estimate of drug-likeness (QED) is 0.634. The van der Waals surface area contributed by atoms with Gasteiger partial charge in [0.05, 0.1) is 0 Å². The summed E-state index contributed by atoms with van der Waals surface area (Å²) in [6.07, 6.45) is 4.26. The Bertz CT molecular complexity index is 423. The van der Waals surface area contributed by atoms with E-state index in [1.165, 1.54) is 6.07 Å². The van der Waals surface area contributed by atoms with Gasteiger partial charge in [-0.05, 0) is 12.8 Å². The van der Waals surface area contributed by atoms with Gasteiger partial charge in [-0.25, -0.2) is 9.59 Å². The molecule has 0 atom stereocenters. The fourth-order valence-corrected chi connectivity index (χ4v) is 1.90. The number of H-pyrrole nitrogens is 1. The highest BCUT2D eigenvalue weighted by Crippen LogP contribution is 2.17. The van der Waals surface area contributed by atoms with E-state index in [9.17, 15) is 9.59 Å². The van der Waals surface area contributed by atoms with Gasteiger partial charge in [-0.1, -0.05) is 12.8 Å². The van der Waals surface area contributed by atoms with E-state index in [-0.39, 0.29) is 23.6 Å². The number of carboxylic acid groups (broad SMARTS) is 1. The summed E-state index contributed by atoms with van der Waals surface area (Å²) in [7, 11) is 0. The normalized spacial score (nSPS) is 15.8. The van der Waals surface area contributed by atoms with E-state index < -0.39 is 5.97 Å². The molecule has 2 amide bonds. The molecular formula is C10H14N4O3. The van der Waals surface area contributed by atoms with Crippen molar-refractivity contribution < 1.29 is 14.7 Å². The number of amides is 2. The van der Waals surface area contributed by atoms with Crippen LogP contribution in [0, 0.1) is 0 Å². The average molecular weight is 238 g/mol. The molecule has 17 heavy (non-hydrogen) atoms. The van der Waals surface area contributed by atoms with Crippen molar-refractivity contribution in [2.75, 3.05) is 5.32 Å². The minimum atomic E-state index is -1.11. The van der Waals surface area contributed by atoms with Gasteiger partial charge in [0.15, 0.2) is 5.82 Å². The molecule has 0 aliphatic heterocycles. The molecule has 0 bridgehead atoms. The largest absolute Gasteiger partial charge is 0.477 e. The van der Waals surface area contributed by atoms with Crippen molar-refractivity contribution in [3.8, 4) is 0 Å². The maximum atomic E-state index is 11.5. The van der Waals surface area contributed by atoms with Gasteiger partial charge < -0.3 is 10.4 Å². The van der Waals surface area contributed by atoms with Crippen molar-refractivity contribution in [1.29, 1.82) is 0 Å². The zero-order chi connectivity index (χ0) is 12.3. The van der Waals surface area contributed by atoms with Crippen molar-refractivity contribution >= 4 is 17.8 Å². The van der Waals surface area contributed by atoms with Crippen LogP contribution < -0.4 is 10.6 Å². The van der Waals surface area contributed by atoms with Crippen LogP contribution in [0.2, 0.25) is 0 Å². The van der Waals surface area contributed by atoms with E-state index in [0.29, 0.717) is 0 Å². The second-order valence-corrected chi connectivity index (χ2v) is 4.05. The molecule has 0 spiro atoms. The van der Waals surface area contributed by atoms with Crippen molar-refractivity contribution in [3.05, 3.63) is 11.8 Å². The molecule has 1 saturated carbocycles. The zero-order valence-corrected chi connectivity index (χ0v) is 9.19. The number of hydrogen-bond acceptors (Lipinski definition) is 3. The van der Waals surface area contributed by atoms with Crippen molar-refractivity contribution in [2.45, 2.75) is 31.7 Å². The monoisotopic (exact) mass is 238 g/mol. The minimum absolute atomic E-state index is 0.0545. The first kappa shape index (κ1) is 11.4. The van der Waals surface area contributed by atoms with Crippen molar-refractivity contribution in [2.24, 2.45) is 0 Å². The van der Waals surface area contributed by atoms with Gasteiger partial charge in [0.2, 0.25) is 0 Å². The van der Waals surface area contributed by atoms with Gasteiger partial charge in [0.25, 0.3) is 0 Å². The summed E-state index contributed by atoms with van der Waals surface area (Å²) in [6.45, 7) is 0. The van der Waals surface area contributed by atoms with Crippen LogP contribution in [-0.4, -0.2) is 33.3 Å². The lowest BCUT2D eigenvalue weighted by Crippen LogP contribution is -2.36. The van der Waals surface area contributed by atoms with E-state index in [4.69, 9.17) is 5.11 Å². The Morgan fingerprint density at radius 2 is 2.12 bits per heavy atom. The molecule has 1 aromatic heterocycles. The fourth-order valence-electron chi connectivity index (χ4n) is 1.90. The summed E-state index contributed by atoms with van der Waals surface area (Å²) in [5, 5.41) is 20.0. The van der Waals surface area contributed by atoms with Gasteiger partial charge in [0.1, 0.15) is 5.69 Å². The summed E-state index contributed by atoms with van der Waals surface area (Å²) in [6, 6.07) is 1.14. The summed E-state index contributed by atoms with van der Waals surface area (Å²) in [5.41, 5.74) is -0.0545. The summed E-state index contributed by atoms with van der Waals surface area (Å²) < 4.78 is 0. The maximum absolute atomic E-state index is 11.5. The van der Waals surface area contributed by atoms with Crippen LogP contribution in [0.5, 0.6) is 0 Å². The SMILES string of the molecule is O=C(Nc1cc(C(=O)O)[nH]n1)NC1CCCC1. The number of nitrogens with zero attached hydrogens (tertiary/aromatic N) is 1. The minimum Gasteiger partial charge on any atom is -0.477 e. The van der Waals surface area contributed by atoms with Crippen molar-refractivity contribution in [1.82, 2.24) is 15.5 Å². The van der Waals surface area contributed by atoms with Crippen LogP contribution in [0.4, 0.5) is 10.6 Å². The van der Waals surface area contributed by atoms with Crippen molar-refractivity contribution in [3.63, 3.8) is 0 Å². The first-order valence-electron chi connectivity index (χ1n) is 5.51. The predicted octanol–water partition coefficient (Wildman–Crippen LogP) is 1.17. The first-order valence-corrected chi connectivity index (χ1v) is 5.51. The molecule has 1 aromatic rings. The van der Waals surface area contributed by atoms with Gasteiger partial charge in [-0.2, -0.15) is 5.10 Å². The lowest BCUT2D eigenvalue weighted by Gasteiger charge is -2.11. The number of nitrogens with one attached hydrogen (secondary N) is 3. The molecule has 0 unspecified atom stereocenters. The van der Waals surface area contributed by atoms with E-state index in [2.05, 4.69) is 20.8 Å². The molecule has 7 heteroatoms. The second kappa shape index (κ2) is 4.86. The third-order valence-corrected chi connectivity index (χ3v) is 2.74. The fraction of sp³-hybridized carbons (Fsp3) is 0.500. The number of carbonyl (C=O) groups is 2. The molecule has 0 radical (unpaired) electrons. The number of aromatic carboxylic acids is 1. The Kier molecular flexibility index (Phi) is 3.27. The maximum Gasteiger partial charge on any atom is 0.353 e. The van der Waals surface area contributed by atoms with E-state index in [1.54, 1.807) is 0 Å². The van der Waals surface area contributed by atoms with Gasteiger partial charge in [-0.3, -0.25) is 10.4 Å². The smallest absolute Gasteiger partial charge is 0.353 e. The number of hydrogen-bond donors (Lipinski definition) is 4. The number of carboxylic acids is 1. The number of urea groups is 1. The molecule has 1 aliphatic rings. The van der Waals surface area contributed by atoms with Gasteiger partial charge in [0, 0.05) is 12.1 Å². The molecule has 2 rings (SSSR count). The molecule has 0 saturated heterocycles. The van der Waals surface area contributed by atoms with Crippen LogP contribution >= 0.6 is 0 Å². The highest BCUT2D eigenvalue weighted by Gasteiger charge is 2.17. The van der Waals surface area contributed by atoms with E-state index >= 15 is 0 Å². The summed E-state index contributed by atoms with van der Waals surface area (Å²) in [4.78, 5) is 22.1. The first-order chi connectivity index (χ1) is 8.15. The van der Waals surface area contributed by atoms with E-state index in [0.717, 1.165) is 25.7 Å². The number of rotatable bonds is 3. The van der Waals surface area contributed by atoms with Crippen LogP contribution in [0.3, 0.4) is 0 Å². The number of anilines is 1. The standard InChI is InChI=1S/C10H14N4O3/c15-9(16)7-5-8(14-13-7)12-10(17)11-6-3-1-2-4-6/h5-6H,1-4H2,(H,15,16)(H3,11,12,13,14,17). The second-order valence-electron chi connectivity index (χ2n) is 4.05. The third-order valence-electron chi connectivity index (χ3n) is 2.74. The molecule has 1 fully saturated rings.